The second kappa shape index (κ2) is 5.89. The molecule has 2 rings (SSSR count). The molecule has 0 aliphatic heterocycles. The molecule has 1 aromatic carbocycles. The second-order valence-corrected chi connectivity index (χ2v) is 6.09. The molecule has 0 aliphatic rings. The summed E-state index contributed by atoms with van der Waals surface area (Å²) >= 11 is 8.16. The fourth-order valence-electron chi connectivity index (χ4n) is 1.26. The van der Waals surface area contributed by atoms with Gasteiger partial charge in [-0.05, 0) is 40.2 Å². The third-order valence-electron chi connectivity index (χ3n) is 2.04. The van der Waals surface area contributed by atoms with E-state index in [1.807, 2.05) is 24.3 Å². The lowest BCUT2D eigenvalue weighted by atomic mass is 10.3. The van der Waals surface area contributed by atoms with Crippen LogP contribution in [0.25, 0.3) is 0 Å². The van der Waals surface area contributed by atoms with E-state index >= 15 is 0 Å². The molecule has 0 saturated carbocycles. The molecule has 0 saturated heterocycles. The highest BCUT2D eigenvalue weighted by Crippen LogP contribution is 2.25. The number of furan rings is 1. The number of carbonyl (C=O) groups excluding carboxylic acids is 1. The molecule has 2 nitrogen and oxygen atoms in total. The third-order valence-corrected chi connectivity index (χ3v) is 4.15. The van der Waals surface area contributed by atoms with Gasteiger partial charge < -0.3 is 4.42 Å². The van der Waals surface area contributed by atoms with Crippen LogP contribution < -0.4 is 0 Å². The number of hydrogen-bond donors (Lipinski definition) is 0. The van der Waals surface area contributed by atoms with Gasteiger partial charge in [0.05, 0.1) is 16.5 Å². The highest BCUT2D eigenvalue weighted by Gasteiger charge is 2.13. The number of hydrogen-bond acceptors (Lipinski definition) is 3. The summed E-state index contributed by atoms with van der Waals surface area (Å²) in [6.07, 6.45) is 1.50. The molecule has 0 unspecified atom stereocenters. The van der Waals surface area contributed by atoms with Gasteiger partial charge in [0, 0.05) is 9.37 Å². The van der Waals surface area contributed by atoms with Gasteiger partial charge in [-0.15, -0.1) is 11.8 Å². The first-order valence-electron chi connectivity index (χ1n) is 4.81. The van der Waals surface area contributed by atoms with E-state index in [9.17, 15) is 4.79 Å². The molecule has 88 valence electrons. The van der Waals surface area contributed by atoms with Crippen molar-refractivity contribution >= 4 is 49.4 Å². The standard InChI is InChI=1S/C12H8Br2O2S/c13-8-2-1-3-9(6-8)17-7-11(15)12-10(14)4-5-16-12/h1-6H,7H2. The normalized spacial score (nSPS) is 10.5. The molecule has 0 fully saturated rings. The largest absolute Gasteiger partial charge is 0.460 e. The molecule has 1 heterocycles. The molecule has 0 atom stereocenters. The summed E-state index contributed by atoms with van der Waals surface area (Å²) in [5, 5.41) is 0. The Morgan fingerprint density at radius 3 is 2.76 bits per heavy atom. The molecule has 1 aromatic heterocycles. The summed E-state index contributed by atoms with van der Waals surface area (Å²) in [6.45, 7) is 0. The number of benzene rings is 1. The topological polar surface area (TPSA) is 30.2 Å². The summed E-state index contributed by atoms with van der Waals surface area (Å²) in [5.74, 6) is 0.724. The second-order valence-electron chi connectivity index (χ2n) is 3.27. The number of ketones is 1. The van der Waals surface area contributed by atoms with Crippen LogP contribution in [0.2, 0.25) is 0 Å². The zero-order chi connectivity index (χ0) is 12.3. The summed E-state index contributed by atoms with van der Waals surface area (Å²) in [6, 6.07) is 9.57. The van der Waals surface area contributed by atoms with E-state index in [2.05, 4.69) is 31.9 Å². The molecule has 17 heavy (non-hydrogen) atoms. The molecular formula is C12H8Br2O2S. The number of halogens is 2. The maximum absolute atomic E-state index is 11.8. The number of carbonyl (C=O) groups is 1. The lowest BCUT2D eigenvalue weighted by Crippen LogP contribution is -2.01. The highest BCUT2D eigenvalue weighted by molar-refractivity contribution is 9.10. The Morgan fingerprint density at radius 1 is 1.29 bits per heavy atom. The summed E-state index contributed by atoms with van der Waals surface area (Å²) in [4.78, 5) is 12.9. The van der Waals surface area contributed by atoms with E-state index in [1.54, 1.807) is 6.07 Å². The number of rotatable bonds is 4. The molecule has 5 heteroatoms. The van der Waals surface area contributed by atoms with Crippen LogP contribution in [0, 0.1) is 0 Å². The van der Waals surface area contributed by atoms with E-state index in [-0.39, 0.29) is 5.78 Å². The Kier molecular flexibility index (Phi) is 4.48. The molecule has 0 bridgehead atoms. The molecule has 0 aliphatic carbocycles. The minimum absolute atomic E-state index is 0.0214. The predicted octanol–water partition coefficient (Wildman–Crippen LogP) is 4.78. The summed E-state index contributed by atoms with van der Waals surface area (Å²) in [5.41, 5.74) is 0. The van der Waals surface area contributed by atoms with Gasteiger partial charge in [-0.3, -0.25) is 4.79 Å². The van der Waals surface area contributed by atoms with Crippen LogP contribution in [0.3, 0.4) is 0 Å². The Morgan fingerprint density at radius 2 is 2.12 bits per heavy atom. The zero-order valence-electron chi connectivity index (χ0n) is 8.65. The minimum Gasteiger partial charge on any atom is -0.460 e. The van der Waals surface area contributed by atoms with Gasteiger partial charge in [-0.25, -0.2) is 0 Å². The number of Topliss-reactive ketones (excluding diaryl/α,β-unsaturated/α-hetero) is 1. The van der Waals surface area contributed by atoms with Gasteiger partial charge in [0.25, 0.3) is 0 Å². The van der Waals surface area contributed by atoms with E-state index in [0.717, 1.165) is 9.37 Å². The fourth-order valence-corrected chi connectivity index (χ4v) is 3.05. The van der Waals surface area contributed by atoms with E-state index in [1.165, 1.54) is 18.0 Å². The predicted molar refractivity (Wildman–Crippen MR) is 75.6 cm³/mol. The lowest BCUT2D eigenvalue weighted by molar-refractivity contribution is 0.0991. The maximum atomic E-state index is 11.8. The van der Waals surface area contributed by atoms with E-state index in [0.29, 0.717) is 16.0 Å². The maximum Gasteiger partial charge on any atom is 0.209 e. The van der Waals surface area contributed by atoms with Crippen molar-refractivity contribution in [2.45, 2.75) is 4.90 Å². The zero-order valence-corrected chi connectivity index (χ0v) is 12.6. The fraction of sp³-hybridized carbons (Fsp3) is 0.0833. The molecule has 0 amide bonds. The van der Waals surface area contributed by atoms with Gasteiger partial charge in [0.1, 0.15) is 0 Å². The van der Waals surface area contributed by atoms with Crippen molar-refractivity contribution in [2.24, 2.45) is 0 Å². The summed E-state index contributed by atoms with van der Waals surface area (Å²) < 4.78 is 6.83. The first-order chi connectivity index (χ1) is 8.16. The first-order valence-corrected chi connectivity index (χ1v) is 7.38. The third kappa shape index (κ3) is 3.47. The molecular weight excluding hydrogens is 368 g/mol. The van der Waals surface area contributed by atoms with Crippen LogP contribution in [0.4, 0.5) is 0 Å². The number of thioether (sulfide) groups is 1. The summed E-state index contributed by atoms with van der Waals surface area (Å²) in [7, 11) is 0. The molecule has 0 spiro atoms. The van der Waals surface area contributed by atoms with Crippen LogP contribution in [-0.4, -0.2) is 11.5 Å². The van der Waals surface area contributed by atoms with Crippen LogP contribution in [0.1, 0.15) is 10.6 Å². The van der Waals surface area contributed by atoms with Crippen LogP contribution in [0.15, 0.2) is 54.9 Å². The van der Waals surface area contributed by atoms with Crippen molar-refractivity contribution in [3.8, 4) is 0 Å². The van der Waals surface area contributed by atoms with Crippen LogP contribution >= 0.6 is 43.6 Å². The van der Waals surface area contributed by atoms with Crippen molar-refractivity contribution in [1.82, 2.24) is 0 Å². The molecule has 2 aromatic rings. The van der Waals surface area contributed by atoms with Gasteiger partial charge in [-0.2, -0.15) is 0 Å². The Bertz CT molecular complexity index is 537. The van der Waals surface area contributed by atoms with E-state index in [4.69, 9.17) is 4.42 Å². The van der Waals surface area contributed by atoms with Crippen molar-refractivity contribution in [3.05, 3.63) is 51.3 Å². The smallest absolute Gasteiger partial charge is 0.209 e. The average Bonchev–Trinajstić information content (AvgIpc) is 2.72. The molecule has 0 N–H and O–H groups in total. The Hall–Kier alpha value is -0.520. The van der Waals surface area contributed by atoms with Crippen molar-refractivity contribution in [1.29, 1.82) is 0 Å². The van der Waals surface area contributed by atoms with E-state index < -0.39 is 0 Å². The minimum atomic E-state index is -0.0214. The monoisotopic (exact) mass is 374 g/mol. The van der Waals surface area contributed by atoms with Gasteiger partial charge in [-0.1, -0.05) is 22.0 Å². The van der Waals surface area contributed by atoms with Crippen molar-refractivity contribution < 1.29 is 9.21 Å². The van der Waals surface area contributed by atoms with Crippen LogP contribution in [0.5, 0.6) is 0 Å². The van der Waals surface area contributed by atoms with Crippen molar-refractivity contribution in [3.63, 3.8) is 0 Å². The van der Waals surface area contributed by atoms with Gasteiger partial charge in [0.15, 0.2) is 5.76 Å². The lowest BCUT2D eigenvalue weighted by Gasteiger charge is -2.00. The van der Waals surface area contributed by atoms with Gasteiger partial charge >= 0.3 is 0 Å². The Labute approximate surface area is 120 Å². The highest BCUT2D eigenvalue weighted by atomic mass is 79.9. The van der Waals surface area contributed by atoms with Gasteiger partial charge in [0.2, 0.25) is 5.78 Å². The first kappa shape index (κ1) is 12.9. The molecule has 0 radical (unpaired) electrons. The Balaban J connectivity index is 1.99. The SMILES string of the molecule is O=C(CSc1cccc(Br)c1)c1occc1Br. The quantitative estimate of drug-likeness (QED) is 0.569. The van der Waals surface area contributed by atoms with Crippen LogP contribution in [-0.2, 0) is 0 Å². The average molecular weight is 376 g/mol. The van der Waals surface area contributed by atoms with Crippen molar-refractivity contribution in [2.75, 3.05) is 5.75 Å².